The van der Waals surface area contributed by atoms with E-state index in [1.807, 2.05) is 18.2 Å². The van der Waals surface area contributed by atoms with Gasteiger partial charge in [0.05, 0.1) is 28.3 Å². The predicted molar refractivity (Wildman–Crippen MR) is 141 cm³/mol. The summed E-state index contributed by atoms with van der Waals surface area (Å²) in [6, 6.07) is 9.89. The summed E-state index contributed by atoms with van der Waals surface area (Å²) in [5.74, 6) is 0. The number of hydrogen-bond acceptors (Lipinski definition) is 4. The molecule has 1 aromatic carbocycles. The van der Waals surface area contributed by atoms with Gasteiger partial charge in [-0.3, -0.25) is 14.5 Å². The molecule has 38 heavy (non-hydrogen) atoms. The molecule has 9 heteroatoms. The molecule has 3 aromatic heterocycles. The van der Waals surface area contributed by atoms with Crippen LogP contribution in [0.25, 0.3) is 34.3 Å². The Hall–Kier alpha value is -4.14. The van der Waals surface area contributed by atoms with Gasteiger partial charge in [0, 0.05) is 56.4 Å². The number of pyridine rings is 2. The molecule has 1 aliphatic heterocycles. The van der Waals surface area contributed by atoms with Crippen LogP contribution >= 0.6 is 0 Å². The fraction of sp³-hybridized carbons (Fsp3) is 0.276. The van der Waals surface area contributed by atoms with Crippen molar-refractivity contribution in [2.75, 3.05) is 18.0 Å². The Kier molecular flexibility index (Phi) is 5.93. The number of piperidine rings is 1. The summed E-state index contributed by atoms with van der Waals surface area (Å²) >= 11 is 0. The summed E-state index contributed by atoms with van der Waals surface area (Å²) in [7, 11) is 1.58. The van der Waals surface area contributed by atoms with Crippen LogP contribution < -0.4 is 10.6 Å². The number of fused-ring (bicyclic) bond motifs is 1. The standard InChI is InChI=1S/C29H26F3N5O/c1-35-18-27(25-15-19(10-11-33-25)21-14-20-6-5-7-24(20)34-17-21)37(28(35)38)22-8-9-26(23(16-22)29(30,31)32)36-12-3-2-4-13-36/h5-6,8-11,14-18H,2-4,7,12-13H2,1H3. The summed E-state index contributed by atoms with van der Waals surface area (Å²) in [5.41, 5.74) is 3.84. The Morgan fingerprint density at radius 1 is 0.947 bits per heavy atom. The predicted octanol–water partition coefficient (Wildman–Crippen LogP) is 5.88. The number of aryl methyl sites for hydroxylation is 1. The largest absolute Gasteiger partial charge is 0.418 e. The van der Waals surface area contributed by atoms with Crippen LogP contribution in [0.15, 0.2) is 65.9 Å². The zero-order valence-electron chi connectivity index (χ0n) is 20.9. The number of anilines is 1. The maximum atomic E-state index is 14.2. The molecule has 0 spiro atoms. The molecule has 1 saturated heterocycles. The molecular formula is C29H26F3N5O. The Bertz CT molecular complexity index is 1610. The summed E-state index contributed by atoms with van der Waals surface area (Å²) in [5, 5.41) is 0. The molecule has 0 radical (unpaired) electrons. The number of alkyl halides is 3. The Balaban J connectivity index is 1.45. The van der Waals surface area contributed by atoms with E-state index in [1.165, 1.54) is 15.2 Å². The Morgan fingerprint density at radius 3 is 2.55 bits per heavy atom. The monoisotopic (exact) mass is 517 g/mol. The maximum Gasteiger partial charge on any atom is 0.418 e. The van der Waals surface area contributed by atoms with Gasteiger partial charge in [-0.05, 0) is 66.8 Å². The SMILES string of the molecule is Cn1cc(-c2cc(-c3cnc4c(c3)C=CC4)ccn2)n(-c2ccc(N3CCCCC3)c(C(F)(F)F)c2)c1=O. The highest BCUT2D eigenvalue weighted by molar-refractivity contribution is 5.73. The van der Waals surface area contributed by atoms with E-state index in [2.05, 4.69) is 22.1 Å². The van der Waals surface area contributed by atoms with Crippen LogP contribution in [-0.2, 0) is 19.6 Å². The van der Waals surface area contributed by atoms with Crippen LogP contribution in [0.3, 0.4) is 0 Å². The molecule has 0 bridgehead atoms. The number of allylic oxidation sites excluding steroid dienone is 1. The maximum absolute atomic E-state index is 14.2. The number of benzene rings is 1. The first-order valence-electron chi connectivity index (χ1n) is 12.7. The van der Waals surface area contributed by atoms with Crippen LogP contribution in [0.4, 0.5) is 18.9 Å². The lowest BCUT2D eigenvalue weighted by molar-refractivity contribution is -0.137. The molecule has 2 aliphatic rings. The van der Waals surface area contributed by atoms with Crippen LogP contribution in [0, 0.1) is 0 Å². The van der Waals surface area contributed by atoms with E-state index in [1.54, 1.807) is 36.6 Å². The topological polar surface area (TPSA) is 56.0 Å². The fourth-order valence-corrected chi connectivity index (χ4v) is 5.32. The minimum Gasteiger partial charge on any atom is -0.371 e. The molecule has 0 unspecified atom stereocenters. The molecule has 0 atom stereocenters. The second kappa shape index (κ2) is 9.31. The van der Waals surface area contributed by atoms with Crippen molar-refractivity contribution in [1.82, 2.24) is 19.1 Å². The molecule has 1 fully saturated rings. The number of halogens is 3. The van der Waals surface area contributed by atoms with Gasteiger partial charge in [-0.2, -0.15) is 13.2 Å². The molecule has 194 valence electrons. The van der Waals surface area contributed by atoms with Gasteiger partial charge < -0.3 is 9.47 Å². The van der Waals surface area contributed by atoms with Crippen molar-refractivity contribution in [3.8, 4) is 28.2 Å². The molecule has 0 amide bonds. The van der Waals surface area contributed by atoms with E-state index in [-0.39, 0.29) is 11.4 Å². The Labute approximate surface area is 217 Å². The third-order valence-corrected chi connectivity index (χ3v) is 7.26. The zero-order valence-corrected chi connectivity index (χ0v) is 20.9. The van der Waals surface area contributed by atoms with Crippen molar-refractivity contribution < 1.29 is 13.2 Å². The van der Waals surface area contributed by atoms with E-state index in [4.69, 9.17) is 0 Å². The Morgan fingerprint density at radius 2 is 1.76 bits per heavy atom. The third-order valence-electron chi connectivity index (χ3n) is 7.26. The summed E-state index contributed by atoms with van der Waals surface area (Å²) in [6.45, 7) is 1.17. The van der Waals surface area contributed by atoms with Gasteiger partial charge in [0.15, 0.2) is 0 Å². The quantitative estimate of drug-likeness (QED) is 0.339. The molecule has 4 heterocycles. The summed E-state index contributed by atoms with van der Waals surface area (Å²) in [6.07, 6.45) is 8.13. The van der Waals surface area contributed by atoms with E-state index < -0.39 is 17.4 Å². The van der Waals surface area contributed by atoms with Crippen molar-refractivity contribution in [2.45, 2.75) is 31.9 Å². The van der Waals surface area contributed by atoms with Crippen molar-refractivity contribution in [3.05, 3.63) is 88.4 Å². The third kappa shape index (κ3) is 4.31. The number of imidazole rings is 1. The van der Waals surface area contributed by atoms with Gasteiger partial charge >= 0.3 is 11.9 Å². The van der Waals surface area contributed by atoms with Crippen molar-refractivity contribution >= 4 is 11.8 Å². The molecule has 0 saturated carbocycles. The van der Waals surface area contributed by atoms with Crippen LogP contribution in [-0.4, -0.2) is 32.2 Å². The van der Waals surface area contributed by atoms with E-state index in [0.717, 1.165) is 54.1 Å². The second-order valence-electron chi connectivity index (χ2n) is 9.79. The van der Waals surface area contributed by atoms with Crippen LogP contribution in [0.2, 0.25) is 0 Å². The van der Waals surface area contributed by atoms with Gasteiger partial charge in [0.1, 0.15) is 0 Å². The number of hydrogen-bond donors (Lipinski definition) is 0. The van der Waals surface area contributed by atoms with Crippen LogP contribution in [0.1, 0.15) is 36.1 Å². The summed E-state index contributed by atoms with van der Waals surface area (Å²) in [4.78, 5) is 24.0. The van der Waals surface area contributed by atoms with Gasteiger partial charge in [-0.25, -0.2) is 4.79 Å². The van der Waals surface area contributed by atoms with Crippen LogP contribution in [0.5, 0.6) is 0 Å². The smallest absolute Gasteiger partial charge is 0.371 e. The lowest BCUT2D eigenvalue weighted by Gasteiger charge is -2.31. The first-order valence-corrected chi connectivity index (χ1v) is 12.7. The van der Waals surface area contributed by atoms with E-state index >= 15 is 0 Å². The normalized spacial score (nSPS) is 15.2. The highest BCUT2D eigenvalue weighted by Gasteiger charge is 2.36. The molecule has 4 aromatic rings. The minimum atomic E-state index is -4.56. The molecule has 6 nitrogen and oxygen atoms in total. The number of nitrogens with zero attached hydrogens (tertiary/aromatic N) is 5. The van der Waals surface area contributed by atoms with Gasteiger partial charge in [-0.15, -0.1) is 0 Å². The first kappa shape index (κ1) is 24.2. The van der Waals surface area contributed by atoms with Gasteiger partial charge in [-0.1, -0.05) is 12.2 Å². The molecule has 1 aliphatic carbocycles. The zero-order chi connectivity index (χ0) is 26.4. The lowest BCUT2D eigenvalue weighted by Crippen LogP contribution is -2.31. The number of rotatable bonds is 4. The number of aromatic nitrogens is 4. The highest BCUT2D eigenvalue weighted by atomic mass is 19.4. The van der Waals surface area contributed by atoms with Crippen molar-refractivity contribution in [2.24, 2.45) is 7.05 Å². The average Bonchev–Trinajstić information content (AvgIpc) is 3.52. The second-order valence-corrected chi connectivity index (χ2v) is 9.79. The first-order chi connectivity index (χ1) is 18.3. The van der Waals surface area contributed by atoms with Crippen molar-refractivity contribution in [1.29, 1.82) is 0 Å². The molecular weight excluding hydrogens is 491 g/mol. The molecule has 6 rings (SSSR count). The lowest BCUT2D eigenvalue weighted by atomic mass is 10.0. The average molecular weight is 518 g/mol. The van der Waals surface area contributed by atoms with Gasteiger partial charge in [0.25, 0.3) is 0 Å². The van der Waals surface area contributed by atoms with Crippen molar-refractivity contribution in [3.63, 3.8) is 0 Å². The van der Waals surface area contributed by atoms with Gasteiger partial charge in [0.2, 0.25) is 0 Å². The minimum absolute atomic E-state index is 0.148. The van der Waals surface area contributed by atoms with E-state index in [0.29, 0.717) is 24.5 Å². The molecule has 0 N–H and O–H groups in total. The van der Waals surface area contributed by atoms with E-state index in [9.17, 15) is 18.0 Å². The fourth-order valence-electron chi connectivity index (χ4n) is 5.32. The summed E-state index contributed by atoms with van der Waals surface area (Å²) < 4.78 is 45.3. The highest BCUT2D eigenvalue weighted by Crippen LogP contribution is 2.39.